The smallest absolute Gasteiger partial charge is 0.338 e. The molecule has 0 bridgehead atoms. The molecule has 8 heteroatoms. The van der Waals surface area contributed by atoms with E-state index in [1.807, 2.05) is 12.1 Å². The van der Waals surface area contributed by atoms with Crippen molar-refractivity contribution in [3.63, 3.8) is 0 Å². The lowest BCUT2D eigenvalue weighted by atomic mass is 10.2. The van der Waals surface area contributed by atoms with Gasteiger partial charge in [-0.3, -0.25) is 4.79 Å². The van der Waals surface area contributed by atoms with Crippen molar-refractivity contribution < 1.29 is 23.8 Å². The van der Waals surface area contributed by atoms with Crippen LogP contribution in [-0.4, -0.2) is 38.0 Å². The van der Waals surface area contributed by atoms with Crippen molar-refractivity contribution in [1.29, 1.82) is 0 Å². The molecule has 0 heterocycles. The van der Waals surface area contributed by atoms with Crippen molar-refractivity contribution in [2.24, 2.45) is 0 Å². The van der Waals surface area contributed by atoms with Crippen LogP contribution >= 0.6 is 23.4 Å². The second kappa shape index (κ2) is 10.2. The van der Waals surface area contributed by atoms with Crippen molar-refractivity contribution >= 4 is 40.9 Å². The highest BCUT2D eigenvalue weighted by atomic mass is 35.5. The van der Waals surface area contributed by atoms with Gasteiger partial charge in [0.1, 0.15) is 0 Å². The zero-order chi connectivity index (χ0) is 20.7. The van der Waals surface area contributed by atoms with Gasteiger partial charge in [0.15, 0.2) is 11.5 Å². The van der Waals surface area contributed by atoms with E-state index in [1.165, 1.54) is 17.8 Å². The average Bonchev–Trinajstić information content (AvgIpc) is 2.69. The number of carbonyl (C=O) groups is 2. The highest BCUT2D eigenvalue weighted by Crippen LogP contribution is 2.34. The van der Waals surface area contributed by atoms with Crippen LogP contribution < -0.4 is 14.8 Å². The molecule has 0 aliphatic rings. The number of esters is 1. The summed E-state index contributed by atoms with van der Waals surface area (Å²) < 4.78 is 15.4. The second-order valence-electron chi connectivity index (χ2n) is 5.68. The van der Waals surface area contributed by atoms with Crippen molar-refractivity contribution in [2.45, 2.75) is 24.0 Å². The van der Waals surface area contributed by atoms with Crippen LogP contribution in [0.4, 0.5) is 5.69 Å². The van der Waals surface area contributed by atoms with Gasteiger partial charge >= 0.3 is 5.97 Å². The Kier molecular flexibility index (Phi) is 8.02. The molecule has 0 aromatic heterocycles. The van der Waals surface area contributed by atoms with Gasteiger partial charge in [-0.25, -0.2) is 4.79 Å². The van der Waals surface area contributed by atoms with Gasteiger partial charge in [0.2, 0.25) is 5.91 Å². The number of hydrogen-bond donors (Lipinski definition) is 1. The number of amides is 1. The first-order valence-corrected chi connectivity index (χ1v) is 9.81. The minimum atomic E-state index is -0.459. The van der Waals surface area contributed by atoms with Gasteiger partial charge in [-0.15, -0.1) is 11.8 Å². The summed E-state index contributed by atoms with van der Waals surface area (Å²) in [7, 11) is 3.13. The molecular formula is C20H22ClNO5S. The molecule has 1 N–H and O–H groups in total. The molecule has 2 aromatic carbocycles. The van der Waals surface area contributed by atoms with Crippen molar-refractivity contribution in [3.8, 4) is 11.5 Å². The van der Waals surface area contributed by atoms with Gasteiger partial charge in [0.25, 0.3) is 0 Å². The lowest BCUT2D eigenvalue weighted by molar-refractivity contribution is -0.115. The molecule has 2 rings (SSSR count). The molecule has 0 aliphatic carbocycles. The largest absolute Gasteiger partial charge is 0.493 e. The maximum Gasteiger partial charge on any atom is 0.338 e. The van der Waals surface area contributed by atoms with Crippen molar-refractivity contribution in [3.05, 3.63) is 47.0 Å². The number of benzene rings is 2. The molecule has 0 fully saturated rings. The third-order valence-electron chi connectivity index (χ3n) is 3.78. The van der Waals surface area contributed by atoms with E-state index in [2.05, 4.69) is 5.32 Å². The SMILES string of the molecule is CCOC(=O)c1ccc(NC(=O)[C@H](C)Sc2ccc(OC)c(OC)c2)c(Cl)c1. The molecule has 0 saturated carbocycles. The molecule has 1 atom stereocenters. The van der Waals surface area contributed by atoms with E-state index in [0.717, 1.165) is 4.90 Å². The first-order valence-electron chi connectivity index (χ1n) is 8.55. The van der Waals surface area contributed by atoms with Crippen molar-refractivity contribution in [1.82, 2.24) is 0 Å². The Morgan fingerprint density at radius 1 is 1.11 bits per heavy atom. The summed E-state index contributed by atoms with van der Waals surface area (Å²) >= 11 is 7.57. The standard InChI is InChI=1S/C20H22ClNO5S/c1-5-27-20(24)13-6-8-16(15(21)10-13)22-19(23)12(2)28-14-7-9-17(25-3)18(11-14)26-4/h6-12H,5H2,1-4H3,(H,22,23)/t12-/m0/s1. The van der Waals surface area contributed by atoms with Gasteiger partial charge in [0, 0.05) is 4.90 Å². The summed E-state index contributed by atoms with van der Waals surface area (Å²) in [6.45, 7) is 3.79. The molecular weight excluding hydrogens is 402 g/mol. The van der Waals surface area contributed by atoms with E-state index in [1.54, 1.807) is 46.3 Å². The molecule has 150 valence electrons. The summed E-state index contributed by atoms with van der Waals surface area (Å²) in [4.78, 5) is 25.1. The third kappa shape index (κ3) is 5.56. The Bertz CT molecular complexity index is 858. The summed E-state index contributed by atoms with van der Waals surface area (Å²) in [5, 5.41) is 2.66. The minimum Gasteiger partial charge on any atom is -0.493 e. The second-order valence-corrected chi connectivity index (χ2v) is 7.50. The molecule has 6 nitrogen and oxygen atoms in total. The van der Waals surface area contributed by atoms with Gasteiger partial charge in [-0.05, 0) is 50.2 Å². The lowest BCUT2D eigenvalue weighted by Gasteiger charge is -2.15. The van der Waals surface area contributed by atoms with Crippen LogP contribution in [0.15, 0.2) is 41.3 Å². The van der Waals surface area contributed by atoms with E-state index in [-0.39, 0.29) is 22.8 Å². The summed E-state index contributed by atoms with van der Waals surface area (Å²) in [5.41, 5.74) is 0.761. The lowest BCUT2D eigenvalue weighted by Crippen LogP contribution is -2.22. The van der Waals surface area contributed by atoms with Crippen LogP contribution in [0.3, 0.4) is 0 Å². The maximum atomic E-state index is 12.5. The normalized spacial score (nSPS) is 11.5. The summed E-state index contributed by atoms with van der Waals surface area (Å²) in [6, 6.07) is 10.1. The van der Waals surface area contributed by atoms with Gasteiger partial charge in [0.05, 0.1) is 42.3 Å². The minimum absolute atomic E-state index is 0.217. The number of halogens is 1. The summed E-state index contributed by atoms with van der Waals surface area (Å²) in [5.74, 6) is 0.542. The van der Waals surface area contributed by atoms with Crippen LogP contribution in [0.5, 0.6) is 11.5 Å². The molecule has 0 saturated heterocycles. The fourth-order valence-corrected chi connectivity index (χ4v) is 3.46. The Balaban J connectivity index is 2.05. The number of carbonyl (C=O) groups excluding carboxylic acids is 2. The first-order chi connectivity index (χ1) is 13.4. The van der Waals surface area contributed by atoms with Crippen LogP contribution in [0, 0.1) is 0 Å². The Labute approximate surface area is 173 Å². The number of anilines is 1. The fraction of sp³-hybridized carbons (Fsp3) is 0.300. The number of methoxy groups -OCH3 is 2. The summed E-state index contributed by atoms with van der Waals surface area (Å²) in [6.07, 6.45) is 0. The maximum absolute atomic E-state index is 12.5. The van der Waals surface area contributed by atoms with Gasteiger partial charge in [-0.1, -0.05) is 11.6 Å². The van der Waals surface area contributed by atoms with Gasteiger partial charge in [-0.2, -0.15) is 0 Å². The van der Waals surface area contributed by atoms with Crippen LogP contribution in [0.25, 0.3) is 0 Å². The van der Waals surface area contributed by atoms with E-state index in [0.29, 0.717) is 22.7 Å². The fourth-order valence-electron chi connectivity index (χ4n) is 2.34. The van der Waals surface area contributed by atoms with E-state index >= 15 is 0 Å². The quantitative estimate of drug-likeness (QED) is 0.492. The molecule has 0 spiro atoms. The zero-order valence-electron chi connectivity index (χ0n) is 16.1. The van der Waals surface area contributed by atoms with E-state index < -0.39 is 5.97 Å². The van der Waals surface area contributed by atoms with E-state index in [9.17, 15) is 9.59 Å². The Hall–Kier alpha value is -2.38. The molecule has 1 amide bonds. The molecule has 0 unspecified atom stereocenters. The van der Waals surface area contributed by atoms with E-state index in [4.69, 9.17) is 25.8 Å². The molecule has 0 aliphatic heterocycles. The number of hydrogen-bond acceptors (Lipinski definition) is 6. The molecule has 0 radical (unpaired) electrons. The van der Waals surface area contributed by atoms with Gasteiger partial charge < -0.3 is 19.5 Å². The molecule has 2 aromatic rings. The van der Waals surface area contributed by atoms with Crippen LogP contribution in [0.2, 0.25) is 5.02 Å². The first kappa shape index (κ1) is 21.9. The Morgan fingerprint density at radius 3 is 2.43 bits per heavy atom. The third-order valence-corrected chi connectivity index (χ3v) is 5.18. The van der Waals surface area contributed by atoms with Crippen molar-refractivity contribution in [2.75, 3.05) is 26.1 Å². The highest BCUT2D eigenvalue weighted by Gasteiger charge is 2.18. The Morgan fingerprint density at radius 2 is 1.82 bits per heavy atom. The predicted octanol–water partition coefficient (Wildman–Crippen LogP) is 4.65. The number of ether oxygens (including phenoxy) is 3. The monoisotopic (exact) mass is 423 g/mol. The topological polar surface area (TPSA) is 73.9 Å². The van der Waals surface area contributed by atoms with Crippen LogP contribution in [0.1, 0.15) is 24.2 Å². The number of thioether (sulfide) groups is 1. The van der Waals surface area contributed by atoms with Crippen LogP contribution in [-0.2, 0) is 9.53 Å². The number of rotatable bonds is 8. The highest BCUT2D eigenvalue weighted by molar-refractivity contribution is 8.00. The number of nitrogens with one attached hydrogen (secondary N) is 1. The average molecular weight is 424 g/mol. The predicted molar refractivity (Wildman–Crippen MR) is 111 cm³/mol. The molecule has 28 heavy (non-hydrogen) atoms. The zero-order valence-corrected chi connectivity index (χ0v) is 17.6.